The molecule has 2 heterocycles. The zero-order chi connectivity index (χ0) is 26.8. The maximum Gasteiger partial charge on any atom is 0.490 e. The Kier molecular flexibility index (Phi) is 7.65. The molecule has 1 fully saturated rings. The number of halogens is 3. The molecule has 0 spiro atoms. The highest BCUT2D eigenvalue weighted by atomic mass is 19.4. The first-order valence-electron chi connectivity index (χ1n) is 11.2. The second kappa shape index (κ2) is 10.2. The molecule has 2 aromatic rings. The number of aliphatic carboxylic acids is 1. The first-order chi connectivity index (χ1) is 16.8. The number of hydrogen-bond acceptors (Lipinski definition) is 7. The number of carboxylic acid groups (broad SMARTS) is 1. The van der Waals surface area contributed by atoms with Crippen LogP contribution in [0.3, 0.4) is 0 Å². The van der Waals surface area contributed by atoms with Gasteiger partial charge >= 0.3 is 12.1 Å². The van der Waals surface area contributed by atoms with Gasteiger partial charge in [0.15, 0.2) is 0 Å². The van der Waals surface area contributed by atoms with Crippen LogP contribution in [-0.2, 0) is 9.59 Å². The van der Waals surface area contributed by atoms with Gasteiger partial charge in [-0.3, -0.25) is 4.79 Å². The van der Waals surface area contributed by atoms with Crippen LogP contribution in [0.5, 0.6) is 11.8 Å². The van der Waals surface area contributed by atoms with Crippen LogP contribution in [-0.4, -0.2) is 60.4 Å². The molecule has 196 valence electrons. The fourth-order valence-electron chi connectivity index (χ4n) is 4.31. The fraction of sp³-hybridized carbons (Fsp3) is 0.500. The van der Waals surface area contributed by atoms with Crippen molar-refractivity contribution in [2.45, 2.75) is 38.9 Å². The summed E-state index contributed by atoms with van der Waals surface area (Å²) in [6.45, 7) is 7.37. The summed E-state index contributed by atoms with van der Waals surface area (Å²) in [7, 11) is 3.16. The van der Waals surface area contributed by atoms with Crippen molar-refractivity contribution in [1.29, 1.82) is 0 Å². The van der Waals surface area contributed by atoms with Crippen LogP contribution in [0.4, 0.5) is 19.1 Å². The number of alkyl halides is 3. The third-order valence-corrected chi connectivity index (χ3v) is 6.10. The van der Waals surface area contributed by atoms with Crippen LogP contribution in [0.25, 0.3) is 0 Å². The van der Waals surface area contributed by atoms with Crippen molar-refractivity contribution in [1.82, 2.24) is 15.3 Å². The van der Waals surface area contributed by atoms with Crippen LogP contribution >= 0.6 is 0 Å². The third kappa shape index (κ3) is 5.80. The smallest absolute Gasteiger partial charge is 0.481 e. The highest BCUT2D eigenvalue weighted by Gasteiger charge is 2.48. The topological polar surface area (TPSA) is 114 Å². The Morgan fingerprint density at radius 2 is 1.56 bits per heavy atom. The lowest BCUT2D eigenvalue weighted by molar-refractivity contribution is -0.192. The second-order valence-corrected chi connectivity index (χ2v) is 9.56. The lowest BCUT2D eigenvalue weighted by atomic mass is 9.91. The molecule has 1 aromatic heterocycles. The number of ether oxygens (including phenoxy) is 2. The summed E-state index contributed by atoms with van der Waals surface area (Å²) < 4.78 is 42.3. The van der Waals surface area contributed by atoms with E-state index in [-0.39, 0.29) is 17.9 Å². The summed E-state index contributed by atoms with van der Waals surface area (Å²) in [5.41, 5.74) is 2.09. The molecule has 4 rings (SSSR count). The molecule has 12 heteroatoms. The predicted molar refractivity (Wildman–Crippen MR) is 124 cm³/mol. The average molecular weight is 511 g/mol. The standard InChI is InChI=1S/C22H28N4O3.C2HF3O2/c1-22(2,3)20(27)25-19-14-9-7-6-8-13(14)15-11-26(12-16(15)19)21-23-17(28-4)10-18(24-21)29-5;3-2(4,5)1(6)7/h6-10,15-16,19H,11-12H2,1-5H3,(H,25,27);(H,6,7)/t15-,16-,19+;/m0./s1. The molecular formula is C24H29F3N4O5. The summed E-state index contributed by atoms with van der Waals surface area (Å²) in [5.74, 6) is -0.572. The SMILES string of the molecule is COc1cc(OC)nc(N2C[C@@H]3[C@H](NC(=O)C(C)(C)C)c4ccccc4[C@@H]3C2)n1.O=C(O)C(F)(F)F. The summed E-state index contributed by atoms with van der Waals surface area (Å²) in [5, 5.41) is 10.4. The molecule has 1 aliphatic carbocycles. The lowest BCUT2D eigenvalue weighted by Gasteiger charge is -2.26. The molecule has 0 radical (unpaired) electrons. The zero-order valence-electron chi connectivity index (χ0n) is 20.6. The summed E-state index contributed by atoms with van der Waals surface area (Å²) >= 11 is 0. The Hall–Kier alpha value is -3.57. The van der Waals surface area contributed by atoms with Crippen molar-refractivity contribution in [3.05, 3.63) is 41.5 Å². The van der Waals surface area contributed by atoms with Crippen LogP contribution < -0.4 is 19.7 Å². The number of hydrogen-bond donors (Lipinski definition) is 2. The molecule has 9 nitrogen and oxygen atoms in total. The van der Waals surface area contributed by atoms with Gasteiger partial charge in [-0.25, -0.2) is 4.79 Å². The van der Waals surface area contributed by atoms with E-state index in [1.165, 1.54) is 11.1 Å². The first kappa shape index (κ1) is 27.0. The van der Waals surface area contributed by atoms with E-state index in [2.05, 4.69) is 38.4 Å². The normalized spacial score (nSPS) is 20.6. The Labute approximate surface area is 206 Å². The molecule has 0 saturated carbocycles. The number of carbonyl (C=O) groups is 2. The molecule has 0 unspecified atom stereocenters. The number of amides is 1. The number of benzene rings is 1. The maximum absolute atomic E-state index is 12.8. The summed E-state index contributed by atoms with van der Waals surface area (Å²) in [4.78, 5) is 32.8. The van der Waals surface area contributed by atoms with Gasteiger partial charge in [0.2, 0.25) is 23.6 Å². The largest absolute Gasteiger partial charge is 0.490 e. The number of rotatable bonds is 4. The van der Waals surface area contributed by atoms with Gasteiger partial charge in [0, 0.05) is 30.3 Å². The molecule has 1 aromatic carbocycles. The van der Waals surface area contributed by atoms with E-state index < -0.39 is 17.6 Å². The van der Waals surface area contributed by atoms with Gasteiger partial charge in [-0.2, -0.15) is 23.1 Å². The number of aromatic nitrogens is 2. The van der Waals surface area contributed by atoms with E-state index in [0.29, 0.717) is 23.6 Å². The Morgan fingerprint density at radius 1 is 1.03 bits per heavy atom. The summed E-state index contributed by atoms with van der Waals surface area (Å²) in [6, 6.07) is 10.1. The molecule has 36 heavy (non-hydrogen) atoms. The van der Waals surface area contributed by atoms with Gasteiger partial charge in [0.25, 0.3) is 0 Å². The van der Waals surface area contributed by atoms with Crippen molar-refractivity contribution in [2.24, 2.45) is 11.3 Å². The van der Waals surface area contributed by atoms with Crippen LogP contribution in [0, 0.1) is 11.3 Å². The van der Waals surface area contributed by atoms with Crippen molar-refractivity contribution in [3.63, 3.8) is 0 Å². The lowest BCUT2D eigenvalue weighted by Crippen LogP contribution is -2.40. The summed E-state index contributed by atoms with van der Waals surface area (Å²) in [6.07, 6.45) is -5.08. The highest BCUT2D eigenvalue weighted by Crippen LogP contribution is 2.50. The minimum atomic E-state index is -5.08. The monoisotopic (exact) mass is 510 g/mol. The molecule has 1 saturated heterocycles. The number of nitrogens with zero attached hydrogens (tertiary/aromatic N) is 3. The van der Waals surface area contributed by atoms with E-state index in [1.807, 2.05) is 26.8 Å². The second-order valence-electron chi connectivity index (χ2n) is 9.56. The van der Waals surface area contributed by atoms with Gasteiger partial charge in [-0.15, -0.1) is 0 Å². The number of carboxylic acids is 1. The third-order valence-electron chi connectivity index (χ3n) is 6.10. The van der Waals surface area contributed by atoms with E-state index in [0.717, 1.165) is 13.1 Å². The van der Waals surface area contributed by atoms with Crippen molar-refractivity contribution in [2.75, 3.05) is 32.2 Å². The van der Waals surface area contributed by atoms with Gasteiger partial charge in [0.1, 0.15) is 0 Å². The number of carbonyl (C=O) groups excluding carboxylic acids is 1. The molecule has 1 amide bonds. The Balaban J connectivity index is 0.000000454. The first-order valence-corrected chi connectivity index (χ1v) is 11.2. The van der Waals surface area contributed by atoms with Crippen molar-refractivity contribution >= 4 is 17.8 Å². The van der Waals surface area contributed by atoms with Crippen molar-refractivity contribution in [3.8, 4) is 11.8 Å². The maximum atomic E-state index is 12.8. The van der Waals surface area contributed by atoms with E-state index >= 15 is 0 Å². The number of fused-ring (bicyclic) bond motifs is 3. The van der Waals surface area contributed by atoms with Crippen LogP contribution in [0.2, 0.25) is 0 Å². The number of methoxy groups -OCH3 is 2. The van der Waals surface area contributed by atoms with Crippen molar-refractivity contribution < 1.29 is 37.3 Å². The molecule has 0 bridgehead atoms. The number of anilines is 1. The van der Waals surface area contributed by atoms with Gasteiger partial charge in [-0.05, 0) is 11.1 Å². The molecule has 1 aliphatic heterocycles. The molecular weight excluding hydrogens is 481 g/mol. The quantitative estimate of drug-likeness (QED) is 0.642. The minimum absolute atomic E-state index is 0.0135. The molecule has 2 N–H and O–H groups in total. The van der Waals surface area contributed by atoms with Gasteiger partial charge < -0.3 is 24.8 Å². The fourth-order valence-corrected chi connectivity index (χ4v) is 4.31. The number of nitrogens with one attached hydrogen (secondary N) is 1. The van der Waals surface area contributed by atoms with Gasteiger partial charge in [0.05, 0.1) is 26.3 Å². The zero-order valence-corrected chi connectivity index (χ0v) is 20.6. The van der Waals surface area contributed by atoms with E-state index in [1.54, 1.807) is 20.3 Å². The Bertz CT molecular complexity index is 1100. The van der Waals surface area contributed by atoms with E-state index in [4.69, 9.17) is 19.4 Å². The highest BCUT2D eigenvalue weighted by molar-refractivity contribution is 5.82. The molecule has 3 atom stereocenters. The average Bonchev–Trinajstić information content (AvgIpc) is 3.37. The van der Waals surface area contributed by atoms with Crippen LogP contribution in [0.15, 0.2) is 30.3 Å². The minimum Gasteiger partial charge on any atom is -0.481 e. The van der Waals surface area contributed by atoms with Crippen LogP contribution in [0.1, 0.15) is 43.9 Å². The predicted octanol–water partition coefficient (Wildman–Crippen LogP) is 3.56. The van der Waals surface area contributed by atoms with E-state index in [9.17, 15) is 18.0 Å². The Morgan fingerprint density at radius 3 is 2.03 bits per heavy atom. The van der Waals surface area contributed by atoms with Gasteiger partial charge in [-0.1, -0.05) is 45.0 Å². The molecule has 2 aliphatic rings.